The first-order chi connectivity index (χ1) is 15.1. The van der Waals surface area contributed by atoms with Crippen molar-refractivity contribution in [1.29, 1.82) is 0 Å². The molecule has 160 valence electrons. The van der Waals surface area contributed by atoms with Crippen LogP contribution in [0.5, 0.6) is 11.5 Å². The molecule has 3 aromatic carbocycles. The average Bonchev–Trinajstić information content (AvgIpc) is 3.25. The van der Waals surface area contributed by atoms with E-state index in [1.165, 1.54) is 11.1 Å². The maximum absolute atomic E-state index is 12.3. The van der Waals surface area contributed by atoms with Crippen LogP contribution in [0.4, 0.5) is 0 Å². The lowest BCUT2D eigenvalue weighted by molar-refractivity contribution is -0.129. The van der Waals surface area contributed by atoms with Crippen LogP contribution in [-0.2, 0) is 17.8 Å². The third-order valence-electron chi connectivity index (χ3n) is 5.67. The Morgan fingerprint density at radius 3 is 2.45 bits per heavy atom. The summed E-state index contributed by atoms with van der Waals surface area (Å²) in [5.41, 5.74) is 3.54. The number of hydrogen-bond donors (Lipinski definition) is 0. The number of amides is 1. The van der Waals surface area contributed by atoms with Gasteiger partial charge in [-0.25, -0.2) is 0 Å². The van der Waals surface area contributed by atoms with E-state index >= 15 is 0 Å². The van der Waals surface area contributed by atoms with Gasteiger partial charge in [0.25, 0.3) is 0 Å². The largest absolute Gasteiger partial charge is 0.454 e. The fraction of sp³-hybridized carbons (Fsp3) is 0.269. The van der Waals surface area contributed by atoms with Gasteiger partial charge in [-0.2, -0.15) is 0 Å². The molecule has 31 heavy (non-hydrogen) atoms. The summed E-state index contributed by atoms with van der Waals surface area (Å²) in [6, 6.07) is 24.3. The van der Waals surface area contributed by atoms with Crippen molar-refractivity contribution in [3.63, 3.8) is 0 Å². The predicted octanol–water partition coefficient (Wildman–Crippen LogP) is 5.83. The van der Waals surface area contributed by atoms with Crippen LogP contribution in [0.15, 0.2) is 72.8 Å². The fourth-order valence-corrected chi connectivity index (χ4v) is 4.05. The summed E-state index contributed by atoms with van der Waals surface area (Å²) < 4.78 is 11.1. The highest BCUT2D eigenvalue weighted by Crippen LogP contribution is 2.36. The Labute approximate surface area is 188 Å². The van der Waals surface area contributed by atoms with Crippen molar-refractivity contribution in [2.24, 2.45) is 0 Å². The summed E-state index contributed by atoms with van der Waals surface area (Å²) >= 11 is 6.00. The molecule has 5 heteroatoms. The van der Waals surface area contributed by atoms with Gasteiger partial charge in [-0.15, -0.1) is 0 Å². The van der Waals surface area contributed by atoms with E-state index in [1.54, 1.807) is 6.92 Å². The summed E-state index contributed by atoms with van der Waals surface area (Å²) in [7, 11) is 0. The lowest BCUT2D eigenvalue weighted by Gasteiger charge is -2.25. The summed E-state index contributed by atoms with van der Waals surface area (Å²) in [6.45, 7) is 3.14. The smallest absolute Gasteiger partial charge is 0.231 e. The molecule has 0 bridgehead atoms. The topological polar surface area (TPSA) is 38.8 Å². The highest BCUT2D eigenvalue weighted by Gasteiger charge is 2.20. The molecule has 3 aromatic rings. The number of halogens is 1. The standard InChI is InChI=1S/C26H26ClNO3/c1-19(29)28(17-21-7-10-24(27)11-8-21)14-13-23(15-20-5-3-2-4-6-20)22-9-12-25-26(16-22)31-18-30-25/h2-12,16,23H,13-15,17-18H2,1H3/t23-/m1/s1. The van der Waals surface area contributed by atoms with Crippen LogP contribution in [0.2, 0.25) is 5.02 Å². The molecule has 0 fully saturated rings. The zero-order valence-electron chi connectivity index (χ0n) is 17.6. The Morgan fingerprint density at radius 1 is 0.968 bits per heavy atom. The zero-order valence-corrected chi connectivity index (χ0v) is 18.3. The lowest BCUT2D eigenvalue weighted by Crippen LogP contribution is -2.30. The second-order valence-corrected chi connectivity index (χ2v) is 8.29. The van der Waals surface area contributed by atoms with Crippen LogP contribution in [0.25, 0.3) is 0 Å². The molecule has 0 aromatic heterocycles. The van der Waals surface area contributed by atoms with Gasteiger partial charge >= 0.3 is 0 Å². The summed E-state index contributed by atoms with van der Waals surface area (Å²) in [4.78, 5) is 14.2. The number of rotatable bonds is 8. The van der Waals surface area contributed by atoms with E-state index in [-0.39, 0.29) is 18.6 Å². The number of nitrogens with zero attached hydrogens (tertiary/aromatic N) is 1. The molecular weight excluding hydrogens is 410 g/mol. The lowest BCUT2D eigenvalue weighted by atomic mass is 9.88. The van der Waals surface area contributed by atoms with Gasteiger partial charge in [0.15, 0.2) is 11.5 Å². The van der Waals surface area contributed by atoms with Crippen molar-refractivity contribution >= 4 is 17.5 Å². The first-order valence-electron chi connectivity index (χ1n) is 10.5. The maximum atomic E-state index is 12.3. The number of benzene rings is 3. The molecule has 1 aliphatic rings. The Hall–Kier alpha value is -2.98. The number of carbonyl (C=O) groups excluding carboxylic acids is 1. The third-order valence-corrected chi connectivity index (χ3v) is 5.92. The van der Waals surface area contributed by atoms with Gasteiger partial charge in [-0.05, 0) is 59.7 Å². The zero-order chi connectivity index (χ0) is 21.6. The minimum Gasteiger partial charge on any atom is -0.454 e. The van der Waals surface area contributed by atoms with E-state index in [0.29, 0.717) is 18.1 Å². The highest BCUT2D eigenvalue weighted by molar-refractivity contribution is 6.30. The summed E-state index contributed by atoms with van der Waals surface area (Å²) in [5.74, 6) is 1.90. The maximum Gasteiger partial charge on any atom is 0.231 e. The molecule has 0 N–H and O–H groups in total. The van der Waals surface area contributed by atoms with E-state index in [4.69, 9.17) is 21.1 Å². The number of carbonyl (C=O) groups is 1. The van der Waals surface area contributed by atoms with Crippen LogP contribution >= 0.6 is 11.6 Å². The second-order valence-electron chi connectivity index (χ2n) is 7.86. The van der Waals surface area contributed by atoms with E-state index in [2.05, 4.69) is 36.4 Å². The quantitative estimate of drug-likeness (QED) is 0.446. The van der Waals surface area contributed by atoms with Crippen LogP contribution in [0.1, 0.15) is 36.0 Å². The molecular formula is C26H26ClNO3. The van der Waals surface area contributed by atoms with Crippen molar-refractivity contribution in [3.05, 3.63) is 94.5 Å². The molecule has 4 rings (SSSR count). The van der Waals surface area contributed by atoms with Crippen LogP contribution < -0.4 is 9.47 Å². The van der Waals surface area contributed by atoms with Crippen molar-refractivity contribution in [2.75, 3.05) is 13.3 Å². The van der Waals surface area contributed by atoms with Gasteiger partial charge in [-0.1, -0.05) is 60.1 Å². The molecule has 1 atom stereocenters. The monoisotopic (exact) mass is 435 g/mol. The summed E-state index contributed by atoms with van der Waals surface area (Å²) in [5, 5.41) is 0.698. The number of fused-ring (bicyclic) bond motifs is 1. The van der Waals surface area contributed by atoms with Crippen molar-refractivity contribution < 1.29 is 14.3 Å². The van der Waals surface area contributed by atoms with Gasteiger partial charge in [-0.3, -0.25) is 4.79 Å². The van der Waals surface area contributed by atoms with Crippen molar-refractivity contribution in [3.8, 4) is 11.5 Å². The molecule has 4 nitrogen and oxygen atoms in total. The Morgan fingerprint density at radius 2 is 1.71 bits per heavy atom. The Bertz CT molecular complexity index is 1020. The Kier molecular flexibility index (Phi) is 6.78. The molecule has 1 amide bonds. The van der Waals surface area contributed by atoms with Gasteiger partial charge in [0.05, 0.1) is 0 Å². The molecule has 0 aliphatic carbocycles. The third kappa shape index (κ3) is 5.59. The first-order valence-corrected chi connectivity index (χ1v) is 10.9. The molecule has 0 saturated carbocycles. The molecule has 0 unspecified atom stereocenters. The SMILES string of the molecule is CC(=O)N(CC[C@H](Cc1ccccc1)c1ccc2c(c1)OCO2)Cc1ccc(Cl)cc1. The van der Waals surface area contributed by atoms with Crippen LogP contribution in [-0.4, -0.2) is 24.1 Å². The van der Waals surface area contributed by atoms with E-state index < -0.39 is 0 Å². The van der Waals surface area contributed by atoms with Crippen molar-refractivity contribution in [2.45, 2.75) is 32.2 Å². The normalized spacial score (nSPS) is 13.1. The average molecular weight is 436 g/mol. The van der Waals surface area contributed by atoms with E-state index in [1.807, 2.05) is 41.3 Å². The van der Waals surface area contributed by atoms with Gasteiger partial charge in [0.1, 0.15) is 0 Å². The van der Waals surface area contributed by atoms with Gasteiger partial charge in [0, 0.05) is 25.0 Å². The van der Waals surface area contributed by atoms with Gasteiger partial charge < -0.3 is 14.4 Å². The number of ether oxygens (including phenoxy) is 2. The second kappa shape index (κ2) is 9.88. The van der Waals surface area contributed by atoms with Crippen LogP contribution in [0.3, 0.4) is 0 Å². The molecule has 1 aliphatic heterocycles. The minimum absolute atomic E-state index is 0.0686. The number of hydrogen-bond acceptors (Lipinski definition) is 3. The molecule has 0 saturated heterocycles. The van der Waals surface area contributed by atoms with Crippen molar-refractivity contribution in [1.82, 2.24) is 4.90 Å². The molecule has 0 radical (unpaired) electrons. The predicted molar refractivity (Wildman–Crippen MR) is 123 cm³/mol. The fourth-order valence-electron chi connectivity index (χ4n) is 3.92. The Balaban J connectivity index is 1.51. The van der Waals surface area contributed by atoms with Gasteiger partial charge in [0.2, 0.25) is 12.7 Å². The highest BCUT2D eigenvalue weighted by atomic mass is 35.5. The summed E-state index contributed by atoms with van der Waals surface area (Å²) in [6.07, 6.45) is 1.74. The first kappa shape index (κ1) is 21.3. The van der Waals surface area contributed by atoms with Crippen LogP contribution in [0, 0.1) is 0 Å². The van der Waals surface area contributed by atoms with E-state index in [0.717, 1.165) is 29.9 Å². The molecule has 0 spiro atoms. The van der Waals surface area contributed by atoms with E-state index in [9.17, 15) is 4.79 Å². The molecule has 1 heterocycles. The minimum atomic E-state index is 0.0686.